The molecule has 3 aromatic rings. The number of esters is 1. The first kappa shape index (κ1) is 20.0. The Morgan fingerprint density at radius 2 is 2.00 bits per heavy atom. The van der Waals surface area contributed by atoms with Crippen molar-refractivity contribution in [3.8, 4) is 0 Å². The third-order valence-corrected chi connectivity index (χ3v) is 7.20. The lowest BCUT2D eigenvalue weighted by atomic mass is 9.73. The average molecular weight is 414 g/mol. The van der Waals surface area contributed by atoms with Crippen LogP contribution in [0.25, 0.3) is 10.9 Å². The number of nitrogens with zero attached hydrogens (tertiary/aromatic N) is 1. The number of para-hydroxylation sites is 1. The second kappa shape index (κ2) is 8.27. The van der Waals surface area contributed by atoms with Crippen LogP contribution in [0.3, 0.4) is 0 Å². The van der Waals surface area contributed by atoms with Gasteiger partial charge in [-0.05, 0) is 37.1 Å². The molecule has 0 amide bonds. The summed E-state index contributed by atoms with van der Waals surface area (Å²) in [5.74, 6) is 0.921. The van der Waals surface area contributed by atoms with Gasteiger partial charge in [0, 0.05) is 35.9 Å². The van der Waals surface area contributed by atoms with E-state index in [2.05, 4.69) is 23.7 Å². The minimum atomic E-state index is -0.301. The summed E-state index contributed by atoms with van der Waals surface area (Å²) in [6.45, 7) is 8.28. The van der Waals surface area contributed by atoms with Crippen LogP contribution in [0, 0.1) is 18.8 Å². The molecule has 4 heterocycles. The van der Waals surface area contributed by atoms with Gasteiger partial charge in [-0.15, -0.1) is 6.58 Å². The summed E-state index contributed by atoms with van der Waals surface area (Å²) in [5, 5.41) is 1.06. The third kappa shape index (κ3) is 3.77. The van der Waals surface area contributed by atoms with Crippen molar-refractivity contribution in [2.75, 3.05) is 13.1 Å². The van der Waals surface area contributed by atoms with Crippen molar-refractivity contribution < 1.29 is 14.4 Å². The molecule has 4 heteroatoms. The lowest BCUT2D eigenvalue weighted by Crippen LogP contribution is -3.20. The molecule has 0 radical (unpaired) electrons. The third-order valence-electron chi connectivity index (χ3n) is 7.20. The van der Waals surface area contributed by atoms with E-state index in [4.69, 9.17) is 4.74 Å². The van der Waals surface area contributed by atoms with Gasteiger partial charge in [0.15, 0.2) is 6.10 Å². The van der Waals surface area contributed by atoms with Crippen molar-refractivity contribution in [1.82, 2.24) is 4.98 Å². The van der Waals surface area contributed by atoms with Gasteiger partial charge in [0.2, 0.25) is 0 Å². The summed E-state index contributed by atoms with van der Waals surface area (Å²) in [7, 11) is 0. The molecule has 3 saturated heterocycles. The van der Waals surface area contributed by atoms with E-state index in [1.807, 2.05) is 61.7 Å². The maximum Gasteiger partial charge on any atom is 0.338 e. The van der Waals surface area contributed by atoms with Crippen LogP contribution < -0.4 is 4.90 Å². The number of piperidine rings is 3. The van der Waals surface area contributed by atoms with E-state index in [9.17, 15) is 4.79 Å². The first-order valence-electron chi connectivity index (χ1n) is 11.2. The van der Waals surface area contributed by atoms with E-state index >= 15 is 0 Å². The Bertz CT molecular complexity index is 1100. The van der Waals surface area contributed by atoms with Gasteiger partial charge < -0.3 is 9.64 Å². The quantitative estimate of drug-likeness (QED) is 0.509. The summed E-state index contributed by atoms with van der Waals surface area (Å²) in [6.07, 6.45) is 5.93. The fourth-order valence-electron chi connectivity index (χ4n) is 5.49. The van der Waals surface area contributed by atoms with Crippen LogP contribution >= 0.6 is 0 Å². The molecule has 31 heavy (non-hydrogen) atoms. The van der Waals surface area contributed by atoms with Crippen LogP contribution in [-0.4, -0.2) is 30.1 Å². The van der Waals surface area contributed by atoms with Crippen LogP contribution in [0.15, 0.2) is 73.4 Å². The molecular formula is C27H29N2O2+. The second-order valence-corrected chi connectivity index (χ2v) is 9.01. The molecule has 2 bridgehead atoms. The summed E-state index contributed by atoms with van der Waals surface area (Å²) in [4.78, 5) is 19.2. The molecule has 0 spiro atoms. The molecule has 1 N–H and O–H groups in total. The topological polar surface area (TPSA) is 43.6 Å². The van der Waals surface area contributed by atoms with Gasteiger partial charge in [0.1, 0.15) is 6.04 Å². The van der Waals surface area contributed by atoms with Crippen LogP contribution in [0.2, 0.25) is 0 Å². The smallest absolute Gasteiger partial charge is 0.338 e. The van der Waals surface area contributed by atoms with Gasteiger partial charge in [-0.25, -0.2) is 4.79 Å². The fraction of sp³-hybridized carbons (Fsp3) is 0.333. The number of hydrogen-bond acceptors (Lipinski definition) is 3. The van der Waals surface area contributed by atoms with E-state index in [0.717, 1.165) is 41.5 Å². The Morgan fingerprint density at radius 1 is 1.19 bits per heavy atom. The first-order chi connectivity index (χ1) is 15.1. The number of pyridine rings is 1. The molecule has 6 rings (SSSR count). The molecule has 0 saturated carbocycles. The predicted octanol–water partition coefficient (Wildman–Crippen LogP) is 3.92. The molecule has 5 atom stereocenters. The van der Waals surface area contributed by atoms with Crippen molar-refractivity contribution in [1.29, 1.82) is 0 Å². The highest BCUT2D eigenvalue weighted by Gasteiger charge is 2.47. The van der Waals surface area contributed by atoms with E-state index in [-0.39, 0.29) is 18.1 Å². The van der Waals surface area contributed by atoms with Crippen molar-refractivity contribution in [2.45, 2.75) is 31.9 Å². The molecule has 158 valence electrons. The van der Waals surface area contributed by atoms with Crippen LogP contribution in [0.5, 0.6) is 0 Å². The molecule has 0 aliphatic carbocycles. The lowest BCUT2D eigenvalue weighted by Gasteiger charge is -2.48. The van der Waals surface area contributed by atoms with Crippen LogP contribution in [0.1, 0.15) is 40.4 Å². The van der Waals surface area contributed by atoms with E-state index in [1.54, 1.807) is 0 Å². The van der Waals surface area contributed by atoms with Crippen LogP contribution in [-0.2, 0) is 4.74 Å². The first-order valence-corrected chi connectivity index (χ1v) is 11.2. The fourth-order valence-corrected chi connectivity index (χ4v) is 5.49. The monoisotopic (exact) mass is 413 g/mol. The number of nitrogens with one attached hydrogen (secondary N) is 1. The summed E-state index contributed by atoms with van der Waals surface area (Å²) >= 11 is 0. The maximum atomic E-state index is 13.2. The Hall–Kier alpha value is -2.98. The van der Waals surface area contributed by atoms with E-state index in [0.29, 0.717) is 17.4 Å². The maximum absolute atomic E-state index is 13.2. The highest BCUT2D eigenvalue weighted by molar-refractivity contribution is 5.90. The number of hydrogen-bond donors (Lipinski definition) is 1. The zero-order valence-electron chi connectivity index (χ0n) is 18.0. The van der Waals surface area contributed by atoms with Gasteiger partial charge in [0.05, 0.1) is 24.2 Å². The number of rotatable bonds is 5. The number of ether oxygens (including phenoxy) is 1. The van der Waals surface area contributed by atoms with Crippen molar-refractivity contribution in [2.24, 2.45) is 11.8 Å². The number of carbonyl (C=O) groups is 1. The highest BCUT2D eigenvalue weighted by Crippen LogP contribution is 2.36. The average Bonchev–Trinajstić information content (AvgIpc) is 2.82. The van der Waals surface area contributed by atoms with Gasteiger partial charge in [-0.3, -0.25) is 4.98 Å². The summed E-state index contributed by atoms with van der Waals surface area (Å²) in [6, 6.07) is 18.0. The zero-order valence-corrected chi connectivity index (χ0v) is 18.0. The number of benzene rings is 2. The normalized spacial score (nSPS) is 25.8. The number of fused-ring (bicyclic) bond motifs is 4. The number of carbonyl (C=O) groups excluding carboxylic acids is 1. The highest BCUT2D eigenvalue weighted by atomic mass is 16.5. The Kier molecular flexibility index (Phi) is 5.33. The molecule has 1 aromatic heterocycles. The number of quaternary nitrogens is 1. The minimum absolute atomic E-state index is 0.246. The molecular weight excluding hydrogens is 384 g/mol. The predicted molar refractivity (Wildman–Crippen MR) is 122 cm³/mol. The lowest BCUT2D eigenvalue weighted by molar-refractivity contribution is -0.949. The minimum Gasteiger partial charge on any atom is -0.447 e. The molecule has 1 unspecified atom stereocenters. The second-order valence-electron chi connectivity index (χ2n) is 9.01. The van der Waals surface area contributed by atoms with Crippen molar-refractivity contribution >= 4 is 16.9 Å². The van der Waals surface area contributed by atoms with Crippen molar-refractivity contribution in [3.05, 3.63) is 90.1 Å². The van der Waals surface area contributed by atoms with Gasteiger partial charge in [-0.1, -0.05) is 42.0 Å². The zero-order chi connectivity index (χ0) is 21.4. The number of aromatic nitrogens is 1. The van der Waals surface area contributed by atoms with Gasteiger partial charge >= 0.3 is 5.97 Å². The number of aryl methyl sites for hydroxylation is 1. The van der Waals surface area contributed by atoms with Gasteiger partial charge in [-0.2, -0.15) is 0 Å². The Balaban J connectivity index is 1.53. The summed E-state index contributed by atoms with van der Waals surface area (Å²) in [5.41, 5.74) is 3.73. The van der Waals surface area contributed by atoms with E-state index in [1.165, 1.54) is 11.3 Å². The SMILES string of the molecule is C=C[C@H]1C[NH+]2CC[C@H]1C[C@H]2[C@@H](OC(=O)c1ccc(C)cc1)c1ccnc2ccccc12. The van der Waals surface area contributed by atoms with Crippen molar-refractivity contribution in [3.63, 3.8) is 0 Å². The molecule has 4 nitrogen and oxygen atoms in total. The largest absolute Gasteiger partial charge is 0.447 e. The standard InChI is InChI=1S/C27H28N2O2/c1-3-19-17-29-15-13-21(19)16-25(29)26(31-27(30)20-10-8-18(2)9-11-20)23-12-14-28-24-7-5-4-6-22(23)24/h3-12,14,19,21,25-26H,1,13,15-17H2,2H3/p+1/t19-,21-,25-,26-/m0/s1. The Labute approximate surface area is 183 Å². The summed E-state index contributed by atoms with van der Waals surface area (Å²) < 4.78 is 6.32. The molecule has 3 fully saturated rings. The Morgan fingerprint density at radius 3 is 2.74 bits per heavy atom. The van der Waals surface area contributed by atoms with Gasteiger partial charge in [0.25, 0.3) is 0 Å². The van der Waals surface area contributed by atoms with Crippen LogP contribution in [0.4, 0.5) is 0 Å². The molecule has 3 aliphatic rings. The van der Waals surface area contributed by atoms with E-state index < -0.39 is 0 Å². The molecule has 3 aliphatic heterocycles. The molecule has 2 aromatic carbocycles.